The Kier molecular flexibility index (Phi) is 7.48. The van der Waals surface area contributed by atoms with Crippen LogP contribution < -0.4 is 16.6 Å². The lowest BCUT2D eigenvalue weighted by Crippen LogP contribution is -2.43. The highest BCUT2D eigenvalue weighted by molar-refractivity contribution is 7.80. The normalized spacial score (nSPS) is 12.9. The first-order chi connectivity index (χ1) is 10.6. The lowest BCUT2D eigenvalue weighted by atomic mass is 10.0. The molecule has 1 rings (SSSR count). The second kappa shape index (κ2) is 9.40. The molecule has 22 heavy (non-hydrogen) atoms. The van der Waals surface area contributed by atoms with Crippen LogP contribution in [0.15, 0.2) is 40.5 Å². The molecule has 0 spiro atoms. The number of amides is 1. The van der Waals surface area contributed by atoms with Gasteiger partial charge < -0.3 is 10.9 Å². The van der Waals surface area contributed by atoms with Crippen LogP contribution in [0.4, 0.5) is 0 Å². The number of carboxylic acids is 1. The van der Waals surface area contributed by atoms with Gasteiger partial charge in [0, 0.05) is 5.75 Å². The van der Waals surface area contributed by atoms with Gasteiger partial charge in [-0.2, -0.15) is 17.7 Å². The Balaban J connectivity index is 2.61. The van der Waals surface area contributed by atoms with Gasteiger partial charge in [-0.05, 0) is 12.0 Å². The van der Waals surface area contributed by atoms with Crippen LogP contribution in [0.5, 0.6) is 0 Å². The maximum absolute atomic E-state index is 12.1. The maximum atomic E-state index is 12.1. The van der Waals surface area contributed by atoms with Gasteiger partial charge in [0.15, 0.2) is 0 Å². The van der Waals surface area contributed by atoms with Crippen molar-refractivity contribution in [2.45, 2.75) is 6.42 Å². The molecule has 0 aliphatic rings. The fourth-order valence-corrected chi connectivity index (χ4v) is 1.89. The molecule has 0 bridgehead atoms. The topological polar surface area (TPSA) is 129 Å². The monoisotopic (exact) mass is 323 g/mol. The summed E-state index contributed by atoms with van der Waals surface area (Å²) >= 11 is 4.17. The zero-order chi connectivity index (χ0) is 16.4. The Bertz CT molecular complexity index is 562. The SMILES string of the molecule is NN=C(NN=CC(=O)O)NC(=O)C(CS)Cc1ccccc1. The molecule has 1 aromatic rings. The third-order valence-electron chi connectivity index (χ3n) is 2.63. The standard InChI is InChI=1S/C13H17N5O3S/c14-17-13(18-15-7-11(19)20)16-12(21)10(8-22)6-9-4-2-1-3-5-9/h1-5,7,10,22H,6,8,14H2,(H,19,20)(H2,16,17,18,21). The first kappa shape index (κ1) is 17.5. The summed E-state index contributed by atoms with van der Waals surface area (Å²) in [6, 6.07) is 9.49. The predicted molar refractivity (Wildman–Crippen MR) is 86.5 cm³/mol. The largest absolute Gasteiger partial charge is 0.477 e. The zero-order valence-corrected chi connectivity index (χ0v) is 12.5. The summed E-state index contributed by atoms with van der Waals surface area (Å²) in [5.74, 6) is 3.30. The van der Waals surface area contributed by atoms with E-state index in [1.54, 1.807) is 0 Å². The van der Waals surface area contributed by atoms with Crippen LogP contribution in [0.3, 0.4) is 0 Å². The Morgan fingerprint density at radius 1 is 1.36 bits per heavy atom. The Hall–Kier alpha value is -2.55. The minimum Gasteiger partial charge on any atom is -0.477 e. The third-order valence-corrected chi connectivity index (χ3v) is 3.07. The van der Waals surface area contributed by atoms with E-state index in [1.165, 1.54) is 0 Å². The minimum atomic E-state index is -1.24. The van der Waals surface area contributed by atoms with Gasteiger partial charge in [-0.25, -0.2) is 10.2 Å². The molecule has 118 valence electrons. The molecular formula is C13H17N5O3S. The van der Waals surface area contributed by atoms with Crippen LogP contribution in [-0.2, 0) is 16.0 Å². The number of carbonyl (C=O) groups excluding carboxylic acids is 1. The number of rotatable bonds is 6. The van der Waals surface area contributed by atoms with E-state index < -0.39 is 11.9 Å². The van der Waals surface area contributed by atoms with E-state index >= 15 is 0 Å². The highest BCUT2D eigenvalue weighted by Gasteiger charge is 2.18. The number of carbonyl (C=O) groups is 2. The number of hydrogen-bond acceptors (Lipinski definition) is 6. The van der Waals surface area contributed by atoms with Crippen molar-refractivity contribution in [2.24, 2.45) is 22.0 Å². The molecule has 0 aliphatic heterocycles. The highest BCUT2D eigenvalue weighted by atomic mass is 32.1. The van der Waals surface area contributed by atoms with Gasteiger partial charge in [-0.1, -0.05) is 30.3 Å². The minimum absolute atomic E-state index is 0.151. The molecule has 8 nitrogen and oxygen atoms in total. The van der Waals surface area contributed by atoms with E-state index in [0.717, 1.165) is 5.56 Å². The summed E-state index contributed by atoms with van der Waals surface area (Å²) < 4.78 is 0. The predicted octanol–water partition coefficient (Wildman–Crippen LogP) is -0.219. The van der Waals surface area contributed by atoms with Crippen molar-refractivity contribution in [2.75, 3.05) is 5.75 Å². The number of nitrogens with zero attached hydrogens (tertiary/aromatic N) is 2. The number of guanidine groups is 1. The van der Waals surface area contributed by atoms with E-state index in [9.17, 15) is 9.59 Å². The van der Waals surface area contributed by atoms with E-state index in [4.69, 9.17) is 10.9 Å². The molecule has 0 fully saturated rings. The van der Waals surface area contributed by atoms with Gasteiger partial charge in [0.05, 0.1) is 5.92 Å². The number of hydrogen-bond donors (Lipinski definition) is 5. The van der Waals surface area contributed by atoms with Crippen molar-refractivity contribution < 1.29 is 14.7 Å². The molecular weight excluding hydrogens is 306 g/mol. The zero-order valence-electron chi connectivity index (χ0n) is 11.6. The number of thiol groups is 1. The van der Waals surface area contributed by atoms with Crippen molar-refractivity contribution in [3.05, 3.63) is 35.9 Å². The summed E-state index contributed by atoms with van der Waals surface area (Å²) in [6.07, 6.45) is 1.11. The summed E-state index contributed by atoms with van der Waals surface area (Å²) in [7, 11) is 0. The molecule has 0 aromatic heterocycles. The Morgan fingerprint density at radius 3 is 2.59 bits per heavy atom. The molecule has 1 aromatic carbocycles. The van der Waals surface area contributed by atoms with Crippen LogP contribution in [0.25, 0.3) is 0 Å². The van der Waals surface area contributed by atoms with E-state index in [0.29, 0.717) is 18.4 Å². The second-order valence-electron chi connectivity index (χ2n) is 4.24. The van der Waals surface area contributed by atoms with Crippen LogP contribution in [-0.4, -0.2) is 34.9 Å². The highest BCUT2D eigenvalue weighted by Crippen LogP contribution is 2.10. The van der Waals surface area contributed by atoms with Gasteiger partial charge >= 0.3 is 5.97 Å². The van der Waals surface area contributed by atoms with Crippen LogP contribution >= 0.6 is 12.6 Å². The number of hydrazone groups is 2. The van der Waals surface area contributed by atoms with Crippen LogP contribution in [0.2, 0.25) is 0 Å². The van der Waals surface area contributed by atoms with Gasteiger partial charge in [0.1, 0.15) is 6.21 Å². The summed E-state index contributed by atoms with van der Waals surface area (Å²) in [6.45, 7) is 0. The summed E-state index contributed by atoms with van der Waals surface area (Å²) in [5, 5.41) is 17.5. The first-order valence-electron chi connectivity index (χ1n) is 6.32. The molecule has 9 heteroatoms. The molecule has 0 aliphatic carbocycles. The van der Waals surface area contributed by atoms with E-state index in [1.807, 2.05) is 30.3 Å². The first-order valence-corrected chi connectivity index (χ1v) is 6.95. The van der Waals surface area contributed by atoms with Crippen LogP contribution in [0, 0.1) is 5.92 Å². The van der Waals surface area contributed by atoms with Crippen molar-refractivity contribution in [3.8, 4) is 0 Å². The maximum Gasteiger partial charge on any atom is 0.348 e. The fourth-order valence-electron chi connectivity index (χ4n) is 1.60. The van der Waals surface area contributed by atoms with Crippen molar-refractivity contribution >= 4 is 36.7 Å². The van der Waals surface area contributed by atoms with Gasteiger partial charge in [-0.15, -0.1) is 5.10 Å². The van der Waals surface area contributed by atoms with Gasteiger partial charge in [-0.3, -0.25) is 10.1 Å². The summed E-state index contributed by atoms with van der Waals surface area (Å²) in [5.41, 5.74) is 3.23. The Morgan fingerprint density at radius 2 is 2.05 bits per heavy atom. The molecule has 5 N–H and O–H groups in total. The van der Waals surface area contributed by atoms with Crippen molar-refractivity contribution in [1.82, 2.24) is 10.7 Å². The smallest absolute Gasteiger partial charge is 0.348 e. The quantitative estimate of drug-likeness (QED) is 0.162. The number of carboxylic acid groups (broad SMARTS) is 1. The molecule has 0 saturated carbocycles. The average molecular weight is 323 g/mol. The Labute approximate surface area is 132 Å². The second-order valence-corrected chi connectivity index (χ2v) is 4.61. The lowest BCUT2D eigenvalue weighted by molar-refractivity contribution is -0.128. The van der Waals surface area contributed by atoms with Crippen LogP contribution in [0.1, 0.15) is 5.56 Å². The molecule has 1 amide bonds. The molecule has 1 unspecified atom stereocenters. The molecule has 1 atom stereocenters. The molecule has 0 radical (unpaired) electrons. The lowest BCUT2D eigenvalue weighted by Gasteiger charge is -2.15. The molecule has 0 saturated heterocycles. The van der Waals surface area contributed by atoms with E-state index in [-0.39, 0.29) is 11.9 Å². The summed E-state index contributed by atoms with van der Waals surface area (Å²) in [4.78, 5) is 22.4. The number of nitrogens with one attached hydrogen (secondary N) is 2. The van der Waals surface area contributed by atoms with Gasteiger partial charge in [0.2, 0.25) is 11.9 Å². The number of benzene rings is 1. The van der Waals surface area contributed by atoms with E-state index in [2.05, 4.69) is 33.6 Å². The average Bonchev–Trinajstić information content (AvgIpc) is 2.52. The third kappa shape index (κ3) is 6.27. The van der Waals surface area contributed by atoms with Gasteiger partial charge in [0.25, 0.3) is 0 Å². The molecule has 0 heterocycles. The van der Waals surface area contributed by atoms with Crippen molar-refractivity contribution in [3.63, 3.8) is 0 Å². The fraction of sp³-hybridized carbons (Fsp3) is 0.231. The number of aliphatic carboxylic acids is 1. The van der Waals surface area contributed by atoms with Crippen molar-refractivity contribution in [1.29, 1.82) is 0 Å². The number of nitrogens with two attached hydrogens (primary N) is 1.